The third-order valence-electron chi connectivity index (χ3n) is 4.23. The number of aromatic amines is 1. The lowest BCUT2D eigenvalue weighted by molar-refractivity contribution is 0.0968. The number of hydrogen-bond acceptors (Lipinski definition) is 5. The van der Waals surface area contributed by atoms with E-state index >= 15 is 0 Å². The maximum Gasteiger partial charge on any atom is 0.330 e. The Morgan fingerprint density at radius 2 is 2.04 bits per heavy atom. The lowest BCUT2D eigenvalue weighted by atomic mass is 10.2. The molecule has 0 spiro atoms. The summed E-state index contributed by atoms with van der Waals surface area (Å²) in [6.07, 6.45) is 1.57. The number of fused-ring (bicyclic) bond motifs is 1. The zero-order valence-electron chi connectivity index (χ0n) is 14.6. The predicted octanol–water partition coefficient (Wildman–Crippen LogP) is 1.94. The van der Waals surface area contributed by atoms with Gasteiger partial charge in [-0.2, -0.15) is 0 Å². The SMILES string of the molecule is CCCCn1c(N)c(N(C)C(=O)c2cc3ccccc3o2)c(=O)[nH]c1=O. The molecular weight excluding hydrogens is 336 g/mol. The van der Waals surface area contributed by atoms with E-state index in [-0.39, 0.29) is 17.3 Å². The first-order chi connectivity index (χ1) is 12.4. The molecule has 1 aromatic carbocycles. The van der Waals surface area contributed by atoms with Crippen molar-refractivity contribution in [3.05, 3.63) is 56.9 Å². The number of unbranched alkanes of at least 4 members (excludes halogenated alkanes) is 1. The molecule has 0 saturated heterocycles. The molecule has 26 heavy (non-hydrogen) atoms. The summed E-state index contributed by atoms with van der Waals surface area (Å²) in [5.74, 6) is -0.489. The Hall–Kier alpha value is -3.29. The van der Waals surface area contributed by atoms with Crippen molar-refractivity contribution in [2.45, 2.75) is 26.3 Å². The number of nitrogens with two attached hydrogens (primary N) is 1. The average Bonchev–Trinajstić information content (AvgIpc) is 3.04. The van der Waals surface area contributed by atoms with Crippen molar-refractivity contribution in [1.29, 1.82) is 0 Å². The molecule has 0 fully saturated rings. The molecule has 0 bridgehead atoms. The number of para-hydroxylation sites is 1. The van der Waals surface area contributed by atoms with Crippen molar-refractivity contribution in [1.82, 2.24) is 9.55 Å². The quantitative estimate of drug-likeness (QED) is 0.725. The molecule has 3 N–H and O–H groups in total. The van der Waals surface area contributed by atoms with Crippen LogP contribution in [0.1, 0.15) is 30.3 Å². The van der Waals surface area contributed by atoms with Gasteiger partial charge in [-0.1, -0.05) is 31.5 Å². The Kier molecular flexibility index (Phi) is 4.66. The van der Waals surface area contributed by atoms with E-state index in [1.807, 2.05) is 19.1 Å². The Balaban J connectivity index is 2.03. The Bertz CT molecular complexity index is 1040. The van der Waals surface area contributed by atoms with Crippen LogP contribution in [0.3, 0.4) is 0 Å². The lowest BCUT2D eigenvalue weighted by Crippen LogP contribution is -2.39. The zero-order valence-corrected chi connectivity index (χ0v) is 14.6. The van der Waals surface area contributed by atoms with Crippen LogP contribution in [0, 0.1) is 0 Å². The Morgan fingerprint density at radius 3 is 2.73 bits per heavy atom. The van der Waals surface area contributed by atoms with E-state index in [9.17, 15) is 14.4 Å². The summed E-state index contributed by atoms with van der Waals surface area (Å²) in [6.45, 7) is 2.34. The van der Waals surface area contributed by atoms with E-state index in [0.717, 1.165) is 23.1 Å². The molecule has 0 unspecified atom stereocenters. The minimum Gasteiger partial charge on any atom is -0.451 e. The van der Waals surface area contributed by atoms with E-state index in [1.54, 1.807) is 18.2 Å². The van der Waals surface area contributed by atoms with Crippen LogP contribution in [-0.4, -0.2) is 22.5 Å². The van der Waals surface area contributed by atoms with Gasteiger partial charge in [0.15, 0.2) is 11.4 Å². The van der Waals surface area contributed by atoms with Crippen molar-refractivity contribution in [2.75, 3.05) is 17.7 Å². The van der Waals surface area contributed by atoms with Gasteiger partial charge in [0.05, 0.1) is 0 Å². The fourth-order valence-corrected chi connectivity index (χ4v) is 2.79. The Labute approximate surface area is 148 Å². The van der Waals surface area contributed by atoms with Gasteiger partial charge in [-0.3, -0.25) is 19.1 Å². The van der Waals surface area contributed by atoms with Crippen LogP contribution in [0.4, 0.5) is 11.5 Å². The fourth-order valence-electron chi connectivity index (χ4n) is 2.79. The van der Waals surface area contributed by atoms with Crippen molar-refractivity contribution < 1.29 is 9.21 Å². The first-order valence-electron chi connectivity index (χ1n) is 8.33. The van der Waals surface area contributed by atoms with Gasteiger partial charge in [0.2, 0.25) is 0 Å². The molecule has 136 valence electrons. The van der Waals surface area contributed by atoms with Crippen molar-refractivity contribution in [2.24, 2.45) is 0 Å². The van der Waals surface area contributed by atoms with Gasteiger partial charge >= 0.3 is 5.69 Å². The highest BCUT2D eigenvalue weighted by Gasteiger charge is 2.24. The van der Waals surface area contributed by atoms with Crippen molar-refractivity contribution >= 4 is 28.4 Å². The number of aromatic nitrogens is 2. The highest BCUT2D eigenvalue weighted by Crippen LogP contribution is 2.23. The van der Waals surface area contributed by atoms with E-state index in [1.165, 1.54) is 11.6 Å². The van der Waals surface area contributed by atoms with Gasteiger partial charge in [0.25, 0.3) is 11.5 Å². The van der Waals surface area contributed by atoms with E-state index in [0.29, 0.717) is 12.1 Å². The molecule has 0 radical (unpaired) electrons. The van der Waals surface area contributed by atoms with Gasteiger partial charge in [-0.05, 0) is 18.6 Å². The maximum absolute atomic E-state index is 12.8. The summed E-state index contributed by atoms with van der Waals surface area (Å²) in [7, 11) is 1.42. The van der Waals surface area contributed by atoms with Gasteiger partial charge in [-0.15, -0.1) is 0 Å². The van der Waals surface area contributed by atoms with Crippen LogP contribution in [0.25, 0.3) is 11.0 Å². The maximum atomic E-state index is 12.8. The van der Waals surface area contributed by atoms with E-state index in [4.69, 9.17) is 10.2 Å². The number of amides is 1. The second-order valence-corrected chi connectivity index (χ2v) is 6.01. The van der Waals surface area contributed by atoms with Crippen LogP contribution in [0.2, 0.25) is 0 Å². The second kappa shape index (κ2) is 6.91. The zero-order chi connectivity index (χ0) is 18.8. The molecule has 0 saturated carbocycles. The molecule has 3 rings (SSSR count). The smallest absolute Gasteiger partial charge is 0.330 e. The molecule has 8 heteroatoms. The third kappa shape index (κ3) is 3.01. The number of benzene rings is 1. The molecule has 0 aliphatic carbocycles. The largest absolute Gasteiger partial charge is 0.451 e. The number of nitrogens with zero attached hydrogens (tertiary/aromatic N) is 2. The van der Waals surface area contributed by atoms with Gasteiger partial charge < -0.3 is 15.1 Å². The average molecular weight is 356 g/mol. The molecule has 2 aromatic heterocycles. The number of carbonyl (C=O) groups excluding carboxylic acids is 1. The minimum atomic E-state index is -0.716. The minimum absolute atomic E-state index is 0.0424. The summed E-state index contributed by atoms with van der Waals surface area (Å²) < 4.78 is 6.82. The summed E-state index contributed by atoms with van der Waals surface area (Å²) in [5.41, 5.74) is 5.22. The lowest BCUT2D eigenvalue weighted by Gasteiger charge is -2.19. The van der Waals surface area contributed by atoms with Crippen molar-refractivity contribution in [3.63, 3.8) is 0 Å². The van der Waals surface area contributed by atoms with Crippen molar-refractivity contribution in [3.8, 4) is 0 Å². The monoisotopic (exact) mass is 356 g/mol. The molecule has 0 aliphatic heterocycles. The predicted molar refractivity (Wildman–Crippen MR) is 99.6 cm³/mol. The van der Waals surface area contributed by atoms with Gasteiger partial charge in [0.1, 0.15) is 11.4 Å². The van der Waals surface area contributed by atoms with Crippen LogP contribution in [-0.2, 0) is 6.54 Å². The number of H-pyrrole nitrogens is 1. The summed E-state index contributed by atoms with van der Waals surface area (Å²) in [4.78, 5) is 40.4. The fraction of sp³-hybridized carbons (Fsp3) is 0.278. The molecule has 8 nitrogen and oxygen atoms in total. The topological polar surface area (TPSA) is 114 Å². The number of nitrogens with one attached hydrogen (secondary N) is 1. The highest BCUT2D eigenvalue weighted by molar-refractivity contribution is 6.07. The molecule has 2 heterocycles. The number of rotatable bonds is 5. The summed E-state index contributed by atoms with van der Waals surface area (Å²) in [5, 5.41) is 0.777. The molecular formula is C18H20N4O4. The summed E-state index contributed by atoms with van der Waals surface area (Å²) >= 11 is 0. The van der Waals surface area contributed by atoms with Crippen LogP contribution >= 0.6 is 0 Å². The first-order valence-corrected chi connectivity index (χ1v) is 8.33. The molecule has 1 amide bonds. The number of hydrogen-bond donors (Lipinski definition) is 2. The van der Waals surface area contributed by atoms with Crippen LogP contribution in [0.5, 0.6) is 0 Å². The number of furan rings is 1. The molecule has 0 atom stereocenters. The summed E-state index contributed by atoms with van der Waals surface area (Å²) in [6, 6.07) is 8.81. The van der Waals surface area contributed by atoms with Gasteiger partial charge in [0, 0.05) is 19.0 Å². The number of anilines is 2. The Morgan fingerprint density at radius 1 is 1.31 bits per heavy atom. The number of nitrogen functional groups attached to an aromatic ring is 1. The van der Waals surface area contributed by atoms with Crippen LogP contribution in [0.15, 0.2) is 44.3 Å². The number of carbonyl (C=O) groups is 1. The highest BCUT2D eigenvalue weighted by atomic mass is 16.3. The molecule has 0 aliphatic rings. The van der Waals surface area contributed by atoms with Crippen LogP contribution < -0.4 is 21.9 Å². The third-order valence-corrected chi connectivity index (χ3v) is 4.23. The van der Waals surface area contributed by atoms with Gasteiger partial charge in [-0.25, -0.2) is 4.79 Å². The standard InChI is InChI=1S/C18H20N4O4/c1-3-4-9-22-15(19)14(16(23)20-18(22)25)21(2)17(24)13-10-11-7-5-6-8-12(11)26-13/h5-8,10H,3-4,9,19H2,1-2H3,(H,20,23,25). The van der Waals surface area contributed by atoms with E-state index < -0.39 is 17.2 Å². The first kappa shape index (κ1) is 17.5. The molecule has 3 aromatic rings. The normalized spacial score (nSPS) is 11.0. The second-order valence-electron chi connectivity index (χ2n) is 6.01. The van der Waals surface area contributed by atoms with E-state index in [2.05, 4.69) is 4.98 Å².